The van der Waals surface area contributed by atoms with Crippen LogP contribution < -0.4 is 16.8 Å². The van der Waals surface area contributed by atoms with Crippen LogP contribution in [0.2, 0.25) is 0 Å². The van der Waals surface area contributed by atoms with Crippen LogP contribution in [-0.2, 0) is 0 Å². The van der Waals surface area contributed by atoms with Crippen LogP contribution in [0.1, 0.15) is 12.5 Å². The lowest BCUT2D eigenvalue weighted by atomic mass is 10.2. The molecule has 114 valence electrons. The summed E-state index contributed by atoms with van der Waals surface area (Å²) in [7, 11) is 0. The van der Waals surface area contributed by atoms with Crippen LogP contribution in [-0.4, -0.2) is 12.1 Å². The third-order valence-electron chi connectivity index (χ3n) is 2.68. The number of benzene rings is 1. The zero-order valence-corrected chi connectivity index (χ0v) is 12.6. The molecule has 0 aliphatic carbocycles. The number of hydrogen-bond acceptors (Lipinski definition) is 4. The van der Waals surface area contributed by atoms with Crippen molar-refractivity contribution in [3.63, 3.8) is 0 Å². The van der Waals surface area contributed by atoms with Crippen LogP contribution in [0.3, 0.4) is 0 Å². The molecular formula is C17H21N5. The van der Waals surface area contributed by atoms with Gasteiger partial charge in [0.2, 0.25) is 0 Å². The predicted octanol–water partition coefficient (Wildman–Crippen LogP) is 3.00. The molecule has 0 heterocycles. The molecule has 0 atom stereocenters. The van der Waals surface area contributed by atoms with E-state index in [9.17, 15) is 0 Å². The number of anilines is 1. The largest absolute Gasteiger partial charge is 0.398 e. The highest BCUT2D eigenvalue weighted by atomic mass is 14.9. The van der Waals surface area contributed by atoms with Gasteiger partial charge < -0.3 is 22.2 Å². The summed E-state index contributed by atoms with van der Waals surface area (Å²) < 4.78 is 0. The zero-order chi connectivity index (χ0) is 16.4. The van der Waals surface area contributed by atoms with Gasteiger partial charge in [0.1, 0.15) is 5.84 Å². The number of nitrogen functional groups attached to an aromatic ring is 1. The summed E-state index contributed by atoms with van der Waals surface area (Å²) in [6.45, 7) is 5.65. The van der Waals surface area contributed by atoms with Crippen molar-refractivity contribution in [2.24, 2.45) is 10.7 Å². The molecule has 22 heavy (non-hydrogen) atoms. The first-order valence-electron chi connectivity index (χ1n) is 6.73. The van der Waals surface area contributed by atoms with E-state index in [1.54, 1.807) is 36.6 Å². The topological polar surface area (TPSA) is 100 Å². The quantitative estimate of drug-likeness (QED) is 0.269. The van der Waals surface area contributed by atoms with Gasteiger partial charge in [-0.05, 0) is 43.4 Å². The second kappa shape index (κ2) is 8.97. The molecule has 0 saturated carbocycles. The molecule has 0 aliphatic heterocycles. The molecule has 0 aliphatic rings. The van der Waals surface area contributed by atoms with Crippen molar-refractivity contribution in [3.8, 4) is 0 Å². The maximum absolute atomic E-state index is 7.27. The molecule has 0 unspecified atom stereocenters. The highest BCUT2D eigenvalue weighted by Gasteiger charge is 1.97. The number of allylic oxidation sites excluding steroid dienone is 4. The van der Waals surface area contributed by atoms with Crippen LogP contribution in [0.5, 0.6) is 0 Å². The normalized spacial score (nSPS) is 12.8. The molecule has 0 radical (unpaired) electrons. The van der Waals surface area contributed by atoms with Gasteiger partial charge in [-0.3, -0.25) is 0 Å². The van der Waals surface area contributed by atoms with E-state index in [2.05, 4.69) is 16.9 Å². The Morgan fingerprint density at radius 3 is 2.82 bits per heavy atom. The molecule has 0 bridgehead atoms. The van der Waals surface area contributed by atoms with Crippen molar-refractivity contribution < 1.29 is 0 Å². The number of nitrogens with two attached hydrogens (primary N) is 2. The fourth-order valence-corrected chi connectivity index (χ4v) is 1.54. The molecular weight excluding hydrogens is 274 g/mol. The SMILES string of the molecule is C=C/C(=C\C=C/C)N/C=C\C(N)=Nc1ccc(N)c(C=N)c1. The van der Waals surface area contributed by atoms with Crippen molar-refractivity contribution in [2.75, 3.05) is 5.73 Å². The van der Waals surface area contributed by atoms with Crippen LogP contribution >= 0.6 is 0 Å². The van der Waals surface area contributed by atoms with Crippen LogP contribution in [0.4, 0.5) is 11.4 Å². The number of rotatable bonds is 7. The Kier molecular flexibility index (Phi) is 6.92. The van der Waals surface area contributed by atoms with E-state index in [4.69, 9.17) is 16.9 Å². The minimum atomic E-state index is 0.336. The smallest absolute Gasteiger partial charge is 0.125 e. The van der Waals surface area contributed by atoms with Crippen LogP contribution in [0.15, 0.2) is 72.0 Å². The second-order valence-electron chi connectivity index (χ2n) is 4.32. The molecule has 1 aromatic carbocycles. The Morgan fingerprint density at radius 1 is 1.41 bits per heavy atom. The number of aliphatic imine (C=N–C) groups is 1. The number of nitrogens with zero attached hydrogens (tertiary/aromatic N) is 1. The van der Waals surface area contributed by atoms with Crippen LogP contribution in [0, 0.1) is 5.41 Å². The third-order valence-corrected chi connectivity index (χ3v) is 2.68. The van der Waals surface area contributed by atoms with E-state index in [0.717, 1.165) is 5.70 Å². The van der Waals surface area contributed by atoms with E-state index in [-0.39, 0.29) is 0 Å². The Labute approximate surface area is 130 Å². The number of hydrogen-bond donors (Lipinski definition) is 4. The van der Waals surface area contributed by atoms with E-state index in [0.29, 0.717) is 22.8 Å². The first kappa shape index (κ1) is 17.0. The van der Waals surface area contributed by atoms with Gasteiger partial charge in [0.05, 0.1) is 5.69 Å². The van der Waals surface area contributed by atoms with E-state index >= 15 is 0 Å². The second-order valence-corrected chi connectivity index (χ2v) is 4.32. The maximum Gasteiger partial charge on any atom is 0.125 e. The average Bonchev–Trinajstić information content (AvgIpc) is 2.52. The van der Waals surface area contributed by atoms with E-state index in [1.165, 1.54) is 6.21 Å². The van der Waals surface area contributed by atoms with Crippen molar-refractivity contribution >= 4 is 23.4 Å². The van der Waals surface area contributed by atoms with Crippen molar-refractivity contribution in [1.29, 1.82) is 5.41 Å². The lowest BCUT2D eigenvalue weighted by Gasteiger charge is -2.02. The minimum absolute atomic E-state index is 0.336. The van der Waals surface area contributed by atoms with Gasteiger partial charge in [-0.25, -0.2) is 4.99 Å². The summed E-state index contributed by atoms with van der Waals surface area (Å²) >= 11 is 0. The molecule has 0 fully saturated rings. The van der Waals surface area contributed by atoms with Gasteiger partial charge in [-0.15, -0.1) is 0 Å². The van der Waals surface area contributed by atoms with E-state index in [1.807, 2.05) is 25.2 Å². The summed E-state index contributed by atoms with van der Waals surface area (Å²) in [6.07, 6.45) is 11.9. The van der Waals surface area contributed by atoms with Crippen molar-refractivity contribution in [2.45, 2.75) is 6.92 Å². The lowest BCUT2D eigenvalue weighted by molar-refractivity contribution is 1.11. The predicted molar refractivity (Wildman–Crippen MR) is 95.4 cm³/mol. The highest BCUT2D eigenvalue weighted by Crippen LogP contribution is 2.18. The van der Waals surface area contributed by atoms with E-state index < -0.39 is 0 Å². The molecule has 0 aromatic heterocycles. The van der Waals surface area contributed by atoms with Crippen LogP contribution in [0.25, 0.3) is 0 Å². The standard InChI is InChI=1S/C17H21N5/c1-3-5-6-14(4-2)21-10-9-17(20)22-15-7-8-16(19)13(11-15)12-18/h3-12,18,21H,2,19H2,1H3,(H2,20,22)/b5-3-,10-9-,14-6+,18-12?. The molecule has 1 rings (SSSR count). The summed E-state index contributed by atoms with van der Waals surface area (Å²) in [6, 6.07) is 5.15. The molecule has 0 saturated heterocycles. The Bertz CT molecular complexity index is 651. The van der Waals surface area contributed by atoms with Crippen molar-refractivity contribution in [1.82, 2.24) is 5.32 Å². The average molecular weight is 295 g/mol. The fourth-order valence-electron chi connectivity index (χ4n) is 1.54. The zero-order valence-electron chi connectivity index (χ0n) is 12.6. The monoisotopic (exact) mass is 295 g/mol. The lowest BCUT2D eigenvalue weighted by Crippen LogP contribution is -2.10. The van der Waals surface area contributed by atoms with Crippen molar-refractivity contribution in [3.05, 3.63) is 72.6 Å². The first-order chi connectivity index (χ1) is 10.6. The van der Waals surface area contributed by atoms with Gasteiger partial charge in [0.25, 0.3) is 0 Å². The maximum atomic E-state index is 7.27. The van der Waals surface area contributed by atoms with Gasteiger partial charge in [-0.1, -0.05) is 18.7 Å². The Hall–Kier alpha value is -3.08. The van der Waals surface area contributed by atoms with Gasteiger partial charge in [0, 0.05) is 29.4 Å². The molecule has 6 N–H and O–H groups in total. The summed E-state index contributed by atoms with van der Waals surface area (Å²) in [5.74, 6) is 0.336. The summed E-state index contributed by atoms with van der Waals surface area (Å²) in [5.41, 5.74) is 14.2. The third kappa shape index (κ3) is 5.50. The Balaban J connectivity index is 2.79. The number of nitrogens with one attached hydrogen (secondary N) is 2. The molecule has 5 nitrogen and oxygen atoms in total. The minimum Gasteiger partial charge on any atom is -0.398 e. The fraction of sp³-hybridized carbons (Fsp3) is 0.0588. The first-order valence-corrected chi connectivity index (χ1v) is 6.73. The molecule has 5 heteroatoms. The summed E-state index contributed by atoms with van der Waals surface area (Å²) in [5, 5.41) is 10.3. The highest BCUT2D eigenvalue weighted by molar-refractivity contribution is 5.94. The Morgan fingerprint density at radius 2 is 2.18 bits per heavy atom. The molecule has 0 amide bonds. The summed E-state index contributed by atoms with van der Waals surface area (Å²) in [4.78, 5) is 4.24. The van der Waals surface area contributed by atoms with Gasteiger partial charge in [0.15, 0.2) is 0 Å². The van der Waals surface area contributed by atoms with Gasteiger partial charge >= 0.3 is 0 Å². The van der Waals surface area contributed by atoms with Gasteiger partial charge in [-0.2, -0.15) is 0 Å². The molecule has 0 spiro atoms. The number of amidine groups is 1. The molecule has 1 aromatic rings.